The van der Waals surface area contributed by atoms with Gasteiger partial charge in [-0.05, 0) is 83.5 Å². The van der Waals surface area contributed by atoms with Gasteiger partial charge in [0.2, 0.25) is 5.91 Å². The first-order chi connectivity index (χ1) is 41.7. The van der Waals surface area contributed by atoms with E-state index < -0.39 is 67.4 Å². The molecular formula is C74H137NO10. The highest BCUT2D eigenvalue weighted by molar-refractivity contribution is 5.80. The molecule has 0 aromatic rings. The van der Waals surface area contributed by atoms with E-state index in [0.29, 0.717) is 19.3 Å². The molecule has 0 saturated carbocycles. The van der Waals surface area contributed by atoms with E-state index in [0.717, 1.165) is 77.0 Å². The van der Waals surface area contributed by atoms with E-state index in [9.17, 15) is 35.1 Å². The highest BCUT2D eigenvalue weighted by Gasteiger charge is 2.47. The lowest BCUT2D eigenvalue weighted by Gasteiger charge is -2.41. The molecule has 0 aromatic heterocycles. The number of aliphatic hydroxyl groups is 5. The average Bonchev–Trinajstić information content (AvgIpc) is 3.16. The largest absolute Gasteiger partial charge is 0.454 e. The molecule has 0 radical (unpaired) electrons. The number of unbranched alkanes of at least 4 members (excludes halogenated alkanes) is 43. The summed E-state index contributed by atoms with van der Waals surface area (Å²) in [4.78, 5) is 26.7. The highest BCUT2D eigenvalue weighted by Crippen LogP contribution is 2.26. The van der Waals surface area contributed by atoms with Crippen molar-refractivity contribution >= 4 is 11.9 Å². The Hall–Kier alpha value is -2.38. The molecular weight excluding hydrogens is 1060 g/mol. The van der Waals surface area contributed by atoms with Crippen LogP contribution in [0.3, 0.4) is 0 Å². The molecule has 85 heavy (non-hydrogen) atoms. The normalized spacial score (nSPS) is 18.6. The van der Waals surface area contributed by atoms with Crippen LogP contribution in [0.1, 0.15) is 348 Å². The van der Waals surface area contributed by atoms with Crippen LogP contribution in [0.4, 0.5) is 0 Å². The average molecular weight is 1200 g/mol. The molecule has 0 aliphatic carbocycles. The maximum Gasteiger partial charge on any atom is 0.306 e. The standard InChI is InChI=1S/C74H137NO10/c1-4-7-10-13-16-19-22-25-27-29-30-31-32-33-34-35-36-37-39-40-43-46-49-52-55-58-61-67(78)73(82)75-65(66(77)60-57-54-51-48-45-42-24-21-18-15-12-9-6-3)64-83-74-72(71(81)70(80)68(63-76)84-74)85-69(79)62-59-56-53-50-47-44-41-38-28-26-23-20-17-14-11-8-5-2/h17,20,25-28,57,60,65-68,70-72,74,76-78,80-81H,4-16,18-19,21-24,29-56,58-59,61-64H2,1-3H3,(H,75,82)/b20-17-,27-25+,28-26-,60-57+. The quantitative estimate of drug-likeness (QED) is 0.0195. The predicted octanol–water partition coefficient (Wildman–Crippen LogP) is 18.7. The third kappa shape index (κ3) is 49.1. The van der Waals surface area contributed by atoms with Gasteiger partial charge in [0.05, 0.1) is 25.4 Å². The van der Waals surface area contributed by atoms with Crippen LogP contribution < -0.4 is 5.32 Å². The smallest absolute Gasteiger partial charge is 0.306 e. The van der Waals surface area contributed by atoms with Gasteiger partial charge in [-0.25, -0.2) is 0 Å². The number of allylic oxidation sites excluding steroid dienone is 7. The molecule has 0 bridgehead atoms. The number of carbonyl (C=O) groups excluding carboxylic acids is 2. The first kappa shape index (κ1) is 80.6. The molecule has 1 saturated heterocycles. The maximum absolute atomic E-state index is 13.5. The van der Waals surface area contributed by atoms with Crippen LogP contribution in [0.25, 0.3) is 0 Å². The Balaban J connectivity index is 2.56. The first-order valence-corrected chi connectivity index (χ1v) is 36.4. The van der Waals surface area contributed by atoms with Crippen molar-refractivity contribution in [1.29, 1.82) is 0 Å². The fraction of sp³-hybridized carbons (Fsp3) is 0.865. The van der Waals surface area contributed by atoms with Gasteiger partial charge in [0.15, 0.2) is 12.4 Å². The summed E-state index contributed by atoms with van der Waals surface area (Å²) in [5, 5.41) is 57.3. The molecule has 0 spiro atoms. The van der Waals surface area contributed by atoms with Crippen molar-refractivity contribution in [3.8, 4) is 0 Å². The zero-order valence-electron chi connectivity index (χ0n) is 55.5. The fourth-order valence-corrected chi connectivity index (χ4v) is 11.4. The third-order valence-corrected chi connectivity index (χ3v) is 17.2. The molecule has 1 aliphatic rings. The minimum absolute atomic E-state index is 0.116. The van der Waals surface area contributed by atoms with Gasteiger partial charge in [0.25, 0.3) is 0 Å². The lowest BCUT2D eigenvalue weighted by molar-refractivity contribution is -0.305. The van der Waals surface area contributed by atoms with Crippen LogP contribution in [0.15, 0.2) is 48.6 Å². The number of esters is 1. The molecule has 11 nitrogen and oxygen atoms in total. The molecule has 1 heterocycles. The summed E-state index contributed by atoms with van der Waals surface area (Å²) in [6.07, 6.45) is 67.3. The molecule has 0 aromatic carbocycles. The summed E-state index contributed by atoms with van der Waals surface area (Å²) < 4.78 is 17.7. The van der Waals surface area contributed by atoms with Crippen molar-refractivity contribution < 1.29 is 49.3 Å². The molecule has 6 N–H and O–H groups in total. The van der Waals surface area contributed by atoms with Gasteiger partial charge in [-0.3, -0.25) is 9.59 Å². The van der Waals surface area contributed by atoms with Crippen molar-refractivity contribution in [2.45, 2.75) is 397 Å². The second-order valence-corrected chi connectivity index (χ2v) is 25.3. The molecule has 8 atom stereocenters. The van der Waals surface area contributed by atoms with Gasteiger partial charge < -0.3 is 45.1 Å². The van der Waals surface area contributed by atoms with E-state index in [1.165, 1.54) is 225 Å². The van der Waals surface area contributed by atoms with Crippen LogP contribution in [0.2, 0.25) is 0 Å². The topological polar surface area (TPSA) is 175 Å². The van der Waals surface area contributed by atoms with Crippen molar-refractivity contribution in [3.63, 3.8) is 0 Å². The summed E-state index contributed by atoms with van der Waals surface area (Å²) in [6, 6.07) is -1.02. The Morgan fingerprint density at radius 3 is 1.24 bits per heavy atom. The van der Waals surface area contributed by atoms with E-state index in [4.69, 9.17) is 14.2 Å². The number of carbonyl (C=O) groups is 2. The van der Waals surface area contributed by atoms with Gasteiger partial charge in [-0.15, -0.1) is 0 Å². The number of nitrogens with one attached hydrogen (secondary N) is 1. The summed E-state index contributed by atoms with van der Waals surface area (Å²) in [6.45, 7) is 5.81. The van der Waals surface area contributed by atoms with Gasteiger partial charge in [0, 0.05) is 6.42 Å². The predicted molar refractivity (Wildman–Crippen MR) is 357 cm³/mol. The summed E-state index contributed by atoms with van der Waals surface area (Å²) in [7, 11) is 0. The molecule has 1 fully saturated rings. The Morgan fingerprint density at radius 1 is 0.459 bits per heavy atom. The highest BCUT2D eigenvalue weighted by atomic mass is 16.7. The Morgan fingerprint density at radius 2 is 0.812 bits per heavy atom. The molecule has 8 unspecified atom stereocenters. The van der Waals surface area contributed by atoms with E-state index in [-0.39, 0.29) is 13.0 Å². The number of rotatable bonds is 63. The van der Waals surface area contributed by atoms with E-state index in [1.54, 1.807) is 6.08 Å². The van der Waals surface area contributed by atoms with Crippen LogP contribution >= 0.6 is 0 Å². The lowest BCUT2D eigenvalue weighted by Crippen LogP contribution is -2.61. The fourth-order valence-electron chi connectivity index (χ4n) is 11.4. The molecule has 1 aliphatic heterocycles. The van der Waals surface area contributed by atoms with Crippen molar-refractivity contribution in [1.82, 2.24) is 5.32 Å². The zero-order chi connectivity index (χ0) is 61.7. The second kappa shape index (κ2) is 61.8. The van der Waals surface area contributed by atoms with Crippen molar-refractivity contribution in [2.24, 2.45) is 0 Å². The number of amides is 1. The van der Waals surface area contributed by atoms with Gasteiger partial charge in [-0.1, -0.05) is 307 Å². The maximum atomic E-state index is 13.5. The molecule has 1 rings (SSSR count). The van der Waals surface area contributed by atoms with E-state index in [2.05, 4.69) is 62.5 Å². The number of aliphatic hydroxyl groups excluding tert-OH is 5. The zero-order valence-corrected chi connectivity index (χ0v) is 55.5. The van der Waals surface area contributed by atoms with Gasteiger partial charge in [0.1, 0.15) is 24.4 Å². The molecule has 11 heteroatoms. The second-order valence-electron chi connectivity index (χ2n) is 25.3. The molecule has 1 amide bonds. The monoisotopic (exact) mass is 1200 g/mol. The van der Waals surface area contributed by atoms with E-state index >= 15 is 0 Å². The van der Waals surface area contributed by atoms with Crippen molar-refractivity contribution in [2.75, 3.05) is 13.2 Å². The minimum Gasteiger partial charge on any atom is -0.454 e. The van der Waals surface area contributed by atoms with Crippen LogP contribution in [-0.2, 0) is 23.8 Å². The summed E-state index contributed by atoms with van der Waals surface area (Å²) >= 11 is 0. The lowest BCUT2D eigenvalue weighted by atomic mass is 9.99. The van der Waals surface area contributed by atoms with Crippen LogP contribution in [0.5, 0.6) is 0 Å². The van der Waals surface area contributed by atoms with Crippen molar-refractivity contribution in [3.05, 3.63) is 48.6 Å². The third-order valence-electron chi connectivity index (χ3n) is 17.2. The molecule has 498 valence electrons. The SMILES string of the molecule is CCCCC/C=C\C/C=C\CCCCCCCCCC(=O)OC1C(OCC(NC(=O)C(O)CCCCCCCCCCCCCCCCCC/C=C/CCCCCCCC)C(O)/C=C/CCCCCCCCCCCCC)OC(CO)C(O)C1O. The van der Waals surface area contributed by atoms with Crippen LogP contribution in [0, 0.1) is 0 Å². The van der Waals surface area contributed by atoms with Crippen LogP contribution in [-0.4, -0.2) is 99.6 Å². The Kier molecular flexibility index (Phi) is 58.7. The van der Waals surface area contributed by atoms with E-state index in [1.807, 2.05) is 6.08 Å². The van der Waals surface area contributed by atoms with Gasteiger partial charge >= 0.3 is 5.97 Å². The summed E-state index contributed by atoms with van der Waals surface area (Å²) in [5.74, 6) is -1.19. The Bertz CT molecular complexity index is 1570. The number of ether oxygens (including phenoxy) is 3. The minimum atomic E-state index is -1.62. The van der Waals surface area contributed by atoms with Gasteiger partial charge in [-0.2, -0.15) is 0 Å². The number of hydrogen-bond donors (Lipinski definition) is 6. The first-order valence-electron chi connectivity index (χ1n) is 36.4. The summed E-state index contributed by atoms with van der Waals surface area (Å²) in [5.41, 5.74) is 0. The number of hydrogen-bond acceptors (Lipinski definition) is 10. The Labute approximate surface area is 523 Å².